The van der Waals surface area contributed by atoms with Gasteiger partial charge in [0, 0.05) is 17.4 Å². The molecule has 0 fully saturated rings. The zero-order chi connectivity index (χ0) is 9.68. The largest absolute Gasteiger partial charge is 0.175 e. The summed E-state index contributed by atoms with van der Waals surface area (Å²) in [6, 6.07) is 0. The van der Waals surface area contributed by atoms with Crippen molar-refractivity contribution in [1.29, 1.82) is 0 Å². The summed E-state index contributed by atoms with van der Waals surface area (Å²) in [7, 11) is 0. The Morgan fingerprint density at radius 2 is 2.15 bits per heavy atom. The number of hydrogen-bond donors (Lipinski definition) is 2. The first-order valence-corrected chi connectivity index (χ1v) is 5.49. The maximum atomic E-state index is 4.22. The van der Waals surface area contributed by atoms with E-state index in [2.05, 4.69) is 62.2 Å². The van der Waals surface area contributed by atoms with Crippen molar-refractivity contribution in [2.75, 3.05) is 11.5 Å². The van der Waals surface area contributed by atoms with E-state index < -0.39 is 0 Å². The van der Waals surface area contributed by atoms with Crippen LogP contribution in [0.5, 0.6) is 0 Å². The molecular formula is C11H14S2. The molecule has 1 rings (SSSR count). The van der Waals surface area contributed by atoms with Crippen molar-refractivity contribution in [2.45, 2.75) is 0 Å². The fraction of sp³-hybridized carbons (Fsp3) is 0.273. The van der Waals surface area contributed by atoms with Gasteiger partial charge in [-0.15, -0.1) is 0 Å². The van der Waals surface area contributed by atoms with Crippen molar-refractivity contribution in [1.82, 2.24) is 0 Å². The van der Waals surface area contributed by atoms with Crippen molar-refractivity contribution in [3.8, 4) is 0 Å². The van der Waals surface area contributed by atoms with E-state index >= 15 is 0 Å². The second-order valence-corrected chi connectivity index (χ2v) is 3.62. The van der Waals surface area contributed by atoms with Crippen molar-refractivity contribution < 1.29 is 0 Å². The third kappa shape index (κ3) is 3.12. The first-order chi connectivity index (χ1) is 6.27. The number of thiol groups is 2. The van der Waals surface area contributed by atoms with E-state index in [1.807, 2.05) is 0 Å². The van der Waals surface area contributed by atoms with E-state index in [-0.39, 0.29) is 0 Å². The molecule has 0 saturated heterocycles. The Morgan fingerprint density at radius 1 is 1.38 bits per heavy atom. The molecule has 13 heavy (non-hydrogen) atoms. The average molecular weight is 210 g/mol. The van der Waals surface area contributed by atoms with Gasteiger partial charge >= 0.3 is 0 Å². The average Bonchev–Trinajstić information content (AvgIpc) is 2.41. The Kier molecular flexibility index (Phi) is 4.46. The quantitative estimate of drug-likeness (QED) is 0.519. The molecule has 0 N–H and O–H groups in total. The lowest BCUT2D eigenvalue weighted by Gasteiger charge is -2.07. The summed E-state index contributed by atoms with van der Waals surface area (Å²) in [6.07, 6.45) is 10.5. The molecule has 0 aromatic heterocycles. The predicted molar refractivity (Wildman–Crippen MR) is 66.7 cm³/mol. The molecule has 1 aliphatic rings. The van der Waals surface area contributed by atoms with Crippen LogP contribution in [0.3, 0.4) is 0 Å². The Hall–Kier alpha value is -0.340. The summed E-state index contributed by atoms with van der Waals surface area (Å²) in [6.45, 7) is 3.97. The lowest BCUT2D eigenvalue weighted by atomic mass is 10.0. The molecule has 0 aliphatic heterocycles. The van der Waals surface area contributed by atoms with E-state index in [1.165, 1.54) is 5.57 Å². The fourth-order valence-electron chi connectivity index (χ4n) is 1.13. The molecule has 0 aromatic rings. The molecule has 0 amide bonds. The zero-order valence-corrected chi connectivity index (χ0v) is 9.27. The normalized spacial score (nSPS) is 21.1. The minimum absolute atomic E-state index is 0.325. The molecule has 0 nitrogen and oxygen atoms in total. The van der Waals surface area contributed by atoms with Crippen LogP contribution in [0.1, 0.15) is 0 Å². The molecule has 0 radical (unpaired) electrons. The van der Waals surface area contributed by atoms with Gasteiger partial charge in [-0.1, -0.05) is 42.5 Å². The summed E-state index contributed by atoms with van der Waals surface area (Å²) < 4.78 is 0. The van der Waals surface area contributed by atoms with E-state index in [9.17, 15) is 0 Å². The standard InChI is InChI=1S/C11H14S2/c1-9(7-12)11-4-2-3-10(8-13)5-6-11/h2-6,11-13H,1,7-8H2. The molecule has 2 heteroatoms. The summed E-state index contributed by atoms with van der Waals surface area (Å²) >= 11 is 8.43. The third-order valence-electron chi connectivity index (χ3n) is 2.00. The van der Waals surface area contributed by atoms with Crippen LogP contribution in [-0.2, 0) is 0 Å². The van der Waals surface area contributed by atoms with Crippen molar-refractivity contribution >= 4 is 25.3 Å². The van der Waals surface area contributed by atoms with Gasteiger partial charge in [0.2, 0.25) is 0 Å². The van der Waals surface area contributed by atoms with Gasteiger partial charge in [-0.25, -0.2) is 0 Å². The Morgan fingerprint density at radius 3 is 2.77 bits per heavy atom. The van der Waals surface area contributed by atoms with Gasteiger partial charge in [0.1, 0.15) is 0 Å². The molecule has 1 unspecified atom stereocenters. The topological polar surface area (TPSA) is 0 Å². The van der Waals surface area contributed by atoms with Crippen molar-refractivity contribution in [3.63, 3.8) is 0 Å². The third-order valence-corrected chi connectivity index (χ3v) is 2.77. The van der Waals surface area contributed by atoms with Gasteiger partial charge in [-0.3, -0.25) is 0 Å². The fourth-order valence-corrected chi connectivity index (χ4v) is 1.55. The van der Waals surface area contributed by atoms with Crippen LogP contribution >= 0.6 is 25.3 Å². The molecule has 0 aromatic carbocycles. The summed E-state index contributed by atoms with van der Waals surface area (Å²) in [5.41, 5.74) is 2.36. The van der Waals surface area contributed by atoms with E-state index in [1.54, 1.807) is 0 Å². The van der Waals surface area contributed by atoms with Gasteiger partial charge in [-0.05, 0) is 5.57 Å². The smallest absolute Gasteiger partial charge is 0.0169 e. The predicted octanol–water partition coefficient (Wildman–Crippen LogP) is 3.07. The number of allylic oxidation sites excluding steroid dienone is 5. The highest BCUT2D eigenvalue weighted by Gasteiger charge is 2.05. The van der Waals surface area contributed by atoms with Crippen LogP contribution in [0.4, 0.5) is 0 Å². The highest BCUT2D eigenvalue weighted by Crippen LogP contribution is 2.18. The minimum atomic E-state index is 0.325. The molecule has 0 bridgehead atoms. The highest BCUT2D eigenvalue weighted by molar-refractivity contribution is 7.80. The zero-order valence-electron chi connectivity index (χ0n) is 7.48. The second kappa shape index (κ2) is 5.40. The van der Waals surface area contributed by atoms with Crippen molar-refractivity contribution in [2.24, 2.45) is 5.92 Å². The van der Waals surface area contributed by atoms with Crippen molar-refractivity contribution in [3.05, 3.63) is 48.1 Å². The second-order valence-electron chi connectivity index (χ2n) is 2.99. The Bertz CT molecular complexity index is 272. The van der Waals surface area contributed by atoms with Crippen LogP contribution in [0.15, 0.2) is 48.1 Å². The maximum Gasteiger partial charge on any atom is 0.0169 e. The van der Waals surface area contributed by atoms with Crippen LogP contribution in [0, 0.1) is 5.92 Å². The Balaban J connectivity index is 2.72. The lowest BCUT2D eigenvalue weighted by molar-refractivity contribution is 0.983. The van der Waals surface area contributed by atoms with Crippen LogP contribution in [-0.4, -0.2) is 11.5 Å². The number of hydrogen-bond acceptors (Lipinski definition) is 2. The van der Waals surface area contributed by atoms with Gasteiger partial charge in [0.05, 0.1) is 0 Å². The lowest BCUT2D eigenvalue weighted by Crippen LogP contribution is -1.96. The van der Waals surface area contributed by atoms with E-state index in [0.29, 0.717) is 5.92 Å². The van der Waals surface area contributed by atoms with Crippen LogP contribution < -0.4 is 0 Å². The summed E-state index contributed by atoms with van der Waals surface area (Å²) in [4.78, 5) is 0. The van der Waals surface area contributed by atoms with E-state index in [4.69, 9.17) is 0 Å². The van der Waals surface area contributed by atoms with Gasteiger partial charge < -0.3 is 0 Å². The highest BCUT2D eigenvalue weighted by atomic mass is 32.1. The first kappa shape index (κ1) is 10.7. The summed E-state index contributed by atoms with van der Waals surface area (Å²) in [5, 5.41) is 0. The first-order valence-electron chi connectivity index (χ1n) is 4.23. The Labute approximate surface area is 90.9 Å². The molecule has 1 atom stereocenters. The SMILES string of the molecule is C=C(CS)C1C=CC=C(CS)C=C1. The van der Waals surface area contributed by atoms with Crippen LogP contribution in [0.2, 0.25) is 0 Å². The maximum absolute atomic E-state index is 4.22. The molecule has 0 saturated carbocycles. The monoisotopic (exact) mass is 210 g/mol. The van der Waals surface area contributed by atoms with Crippen LogP contribution in [0.25, 0.3) is 0 Å². The molecule has 70 valence electrons. The molecular weight excluding hydrogens is 196 g/mol. The molecule has 0 heterocycles. The number of rotatable bonds is 3. The summed E-state index contributed by atoms with van der Waals surface area (Å²) in [5.74, 6) is 1.84. The minimum Gasteiger partial charge on any atom is -0.175 e. The molecule has 0 spiro atoms. The van der Waals surface area contributed by atoms with Gasteiger partial charge in [-0.2, -0.15) is 25.3 Å². The van der Waals surface area contributed by atoms with Gasteiger partial charge in [0.25, 0.3) is 0 Å². The van der Waals surface area contributed by atoms with Gasteiger partial charge in [0.15, 0.2) is 0 Å². The van der Waals surface area contributed by atoms with E-state index in [0.717, 1.165) is 17.1 Å². The molecule has 1 aliphatic carbocycles.